The van der Waals surface area contributed by atoms with Crippen LogP contribution in [0.5, 0.6) is 0 Å². The molecule has 2 aromatic heterocycles. The van der Waals surface area contributed by atoms with E-state index < -0.39 is 0 Å². The normalized spacial score (nSPS) is 12.2. The summed E-state index contributed by atoms with van der Waals surface area (Å²) >= 11 is 1.51. The largest absolute Gasteiger partial charge is 0.349 e. The van der Waals surface area contributed by atoms with E-state index in [-0.39, 0.29) is 24.2 Å². The zero-order valence-corrected chi connectivity index (χ0v) is 15.2. The summed E-state index contributed by atoms with van der Waals surface area (Å²) in [7, 11) is 0. The molecule has 0 aliphatic heterocycles. The van der Waals surface area contributed by atoms with Gasteiger partial charge in [0.1, 0.15) is 5.82 Å². The number of nitrogens with one attached hydrogen (secondary N) is 1. The average molecular weight is 357 g/mol. The molecular weight excluding hydrogens is 337 g/mol. The van der Waals surface area contributed by atoms with E-state index in [9.17, 15) is 9.18 Å². The van der Waals surface area contributed by atoms with E-state index in [1.54, 1.807) is 25.1 Å². The molecule has 4 nitrogen and oxygen atoms in total. The molecule has 0 bridgehead atoms. The standard InChI is InChI=1S/C19H20FN3OS/c1-12-8-9-13(2)23(12)19-22-15(11-25-19)10-18(24)21-14(3)16-6-4-5-7-17(16)20/h4-9,11,14H,10H2,1-3H3,(H,21,24)/t14-/m1/s1. The Morgan fingerprint density at radius 1 is 1.24 bits per heavy atom. The summed E-state index contributed by atoms with van der Waals surface area (Å²) in [4.78, 5) is 16.8. The van der Waals surface area contributed by atoms with Crippen LogP contribution in [0.2, 0.25) is 0 Å². The number of amides is 1. The van der Waals surface area contributed by atoms with Crippen molar-refractivity contribution in [2.45, 2.75) is 33.2 Å². The van der Waals surface area contributed by atoms with Gasteiger partial charge in [0.25, 0.3) is 0 Å². The molecule has 2 heterocycles. The van der Waals surface area contributed by atoms with Crippen LogP contribution in [-0.4, -0.2) is 15.5 Å². The molecule has 0 saturated carbocycles. The fraction of sp³-hybridized carbons (Fsp3) is 0.263. The highest BCUT2D eigenvalue weighted by Gasteiger charge is 2.15. The Hall–Kier alpha value is -2.47. The summed E-state index contributed by atoms with van der Waals surface area (Å²) < 4.78 is 15.9. The van der Waals surface area contributed by atoms with Crippen LogP contribution < -0.4 is 5.32 Å². The van der Waals surface area contributed by atoms with Crippen LogP contribution in [0, 0.1) is 19.7 Å². The van der Waals surface area contributed by atoms with Crippen molar-refractivity contribution in [3.63, 3.8) is 0 Å². The first-order chi connectivity index (χ1) is 12.0. The van der Waals surface area contributed by atoms with Crippen molar-refractivity contribution in [1.29, 1.82) is 0 Å². The molecule has 1 aromatic carbocycles. The minimum Gasteiger partial charge on any atom is -0.349 e. The maximum atomic E-state index is 13.8. The number of nitrogens with zero attached hydrogens (tertiary/aromatic N) is 2. The summed E-state index contributed by atoms with van der Waals surface area (Å²) in [6, 6.07) is 10.2. The molecule has 0 aliphatic carbocycles. The number of hydrogen-bond acceptors (Lipinski definition) is 3. The van der Waals surface area contributed by atoms with E-state index in [0.717, 1.165) is 16.5 Å². The number of halogens is 1. The molecule has 25 heavy (non-hydrogen) atoms. The smallest absolute Gasteiger partial charge is 0.226 e. The van der Waals surface area contributed by atoms with E-state index in [2.05, 4.69) is 14.9 Å². The average Bonchev–Trinajstić information content (AvgIpc) is 3.13. The van der Waals surface area contributed by atoms with Crippen molar-refractivity contribution in [3.05, 3.63) is 70.2 Å². The quantitative estimate of drug-likeness (QED) is 0.747. The lowest BCUT2D eigenvalue weighted by Crippen LogP contribution is -2.28. The number of aryl methyl sites for hydroxylation is 2. The van der Waals surface area contributed by atoms with Crippen molar-refractivity contribution >= 4 is 17.2 Å². The molecule has 1 atom stereocenters. The third-order valence-corrected chi connectivity index (χ3v) is 4.97. The molecule has 1 N–H and O–H groups in total. The van der Waals surface area contributed by atoms with Crippen LogP contribution in [0.4, 0.5) is 4.39 Å². The first-order valence-corrected chi connectivity index (χ1v) is 8.97. The van der Waals surface area contributed by atoms with Gasteiger partial charge in [-0.25, -0.2) is 9.37 Å². The van der Waals surface area contributed by atoms with Gasteiger partial charge in [0.15, 0.2) is 5.13 Å². The van der Waals surface area contributed by atoms with E-state index in [0.29, 0.717) is 11.3 Å². The number of benzene rings is 1. The molecular formula is C19H20FN3OS. The van der Waals surface area contributed by atoms with Crippen molar-refractivity contribution in [2.75, 3.05) is 0 Å². The zero-order chi connectivity index (χ0) is 18.0. The molecule has 0 radical (unpaired) electrons. The Balaban J connectivity index is 1.67. The molecule has 0 saturated heterocycles. The third kappa shape index (κ3) is 3.79. The van der Waals surface area contributed by atoms with Gasteiger partial charge in [-0.05, 0) is 39.0 Å². The molecule has 1 amide bonds. The van der Waals surface area contributed by atoms with E-state index >= 15 is 0 Å². The summed E-state index contributed by atoms with van der Waals surface area (Å²) in [6.07, 6.45) is 0.175. The highest BCUT2D eigenvalue weighted by Crippen LogP contribution is 2.21. The van der Waals surface area contributed by atoms with Crippen molar-refractivity contribution < 1.29 is 9.18 Å². The number of carbonyl (C=O) groups excluding carboxylic acids is 1. The monoisotopic (exact) mass is 357 g/mol. The molecule has 130 valence electrons. The number of thiazole rings is 1. The summed E-state index contributed by atoms with van der Waals surface area (Å²) in [5, 5.41) is 5.57. The molecule has 0 fully saturated rings. The second kappa shape index (κ2) is 7.19. The van der Waals surface area contributed by atoms with Crippen molar-refractivity contribution in [3.8, 4) is 5.13 Å². The van der Waals surface area contributed by atoms with Crippen LogP contribution in [0.15, 0.2) is 41.8 Å². The van der Waals surface area contributed by atoms with Crippen molar-refractivity contribution in [2.24, 2.45) is 0 Å². The predicted molar refractivity (Wildman–Crippen MR) is 97.6 cm³/mol. The highest BCUT2D eigenvalue weighted by atomic mass is 32.1. The van der Waals surface area contributed by atoms with Gasteiger partial charge < -0.3 is 5.32 Å². The first kappa shape index (κ1) is 17.4. The fourth-order valence-electron chi connectivity index (χ4n) is 2.81. The predicted octanol–water partition coefficient (Wildman–Crippen LogP) is 4.11. The van der Waals surface area contributed by atoms with Gasteiger partial charge in [0.2, 0.25) is 5.91 Å². The molecule has 3 aromatic rings. The van der Waals surface area contributed by atoms with Crippen LogP contribution in [-0.2, 0) is 11.2 Å². The van der Waals surface area contributed by atoms with Gasteiger partial charge in [-0.1, -0.05) is 18.2 Å². The Labute approximate surface area is 150 Å². The lowest BCUT2D eigenvalue weighted by molar-refractivity contribution is -0.121. The Morgan fingerprint density at radius 2 is 1.92 bits per heavy atom. The lowest BCUT2D eigenvalue weighted by atomic mass is 10.1. The topological polar surface area (TPSA) is 46.9 Å². The maximum Gasteiger partial charge on any atom is 0.226 e. The summed E-state index contributed by atoms with van der Waals surface area (Å²) in [5.74, 6) is -0.488. The van der Waals surface area contributed by atoms with Gasteiger partial charge in [0, 0.05) is 22.3 Å². The minimum absolute atomic E-state index is 0.173. The molecule has 6 heteroatoms. The number of carbonyl (C=O) groups is 1. The molecule has 0 unspecified atom stereocenters. The maximum absolute atomic E-state index is 13.8. The van der Waals surface area contributed by atoms with Crippen LogP contribution in [0.1, 0.15) is 35.6 Å². The van der Waals surface area contributed by atoms with Crippen LogP contribution >= 0.6 is 11.3 Å². The Kier molecular flexibility index (Phi) is 4.99. The highest BCUT2D eigenvalue weighted by molar-refractivity contribution is 7.12. The Morgan fingerprint density at radius 3 is 2.60 bits per heavy atom. The lowest BCUT2D eigenvalue weighted by Gasteiger charge is -2.14. The fourth-order valence-corrected chi connectivity index (χ4v) is 3.75. The second-order valence-corrected chi connectivity index (χ2v) is 6.90. The van der Waals surface area contributed by atoms with Gasteiger partial charge >= 0.3 is 0 Å². The van der Waals surface area contributed by atoms with E-state index in [1.165, 1.54) is 17.4 Å². The van der Waals surface area contributed by atoms with Crippen molar-refractivity contribution in [1.82, 2.24) is 14.9 Å². The van der Waals surface area contributed by atoms with Crippen LogP contribution in [0.25, 0.3) is 5.13 Å². The number of rotatable bonds is 5. The molecule has 0 spiro atoms. The summed E-state index contributed by atoms with van der Waals surface area (Å²) in [6.45, 7) is 5.82. The van der Waals surface area contributed by atoms with E-state index in [1.807, 2.05) is 31.4 Å². The van der Waals surface area contributed by atoms with Crippen LogP contribution in [0.3, 0.4) is 0 Å². The van der Waals surface area contributed by atoms with E-state index in [4.69, 9.17) is 0 Å². The van der Waals surface area contributed by atoms with Gasteiger partial charge in [0.05, 0.1) is 18.2 Å². The summed E-state index contributed by atoms with van der Waals surface area (Å²) in [5.41, 5.74) is 3.41. The molecule has 0 aliphatic rings. The zero-order valence-electron chi connectivity index (χ0n) is 14.4. The SMILES string of the molecule is Cc1ccc(C)n1-c1nc(CC(=O)N[C@H](C)c2ccccc2F)cs1. The second-order valence-electron chi connectivity index (χ2n) is 6.06. The van der Waals surface area contributed by atoms with Gasteiger partial charge in [-0.15, -0.1) is 11.3 Å². The van der Waals surface area contributed by atoms with Gasteiger partial charge in [-0.2, -0.15) is 0 Å². The molecule has 3 rings (SSSR count). The first-order valence-electron chi connectivity index (χ1n) is 8.09. The number of hydrogen-bond donors (Lipinski definition) is 1. The van der Waals surface area contributed by atoms with Gasteiger partial charge in [-0.3, -0.25) is 9.36 Å². The number of aromatic nitrogens is 2. The Bertz CT molecular complexity index is 880. The minimum atomic E-state index is -0.388. The third-order valence-electron chi connectivity index (χ3n) is 4.09.